The van der Waals surface area contributed by atoms with Crippen LogP contribution in [0.5, 0.6) is 0 Å². The van der Waals surface area contributed by atoms with Gasteiger partial charge in [0.15, 0.2) is 5.69 Å². The van der Waals surface area contributed by atoms with Crippen LogP contribution in [0.1, 0.15) is 10.5 Å². The number of carbonyl (C=O) groups excluding carboxylic acids is 2. The molecule has 0 aliphatic heterocycles. The van der Waals surface area contributed by atoms with Crippen molar-refractivity contribution in [3.05, 3.63) is 11.9 Å². The summed E-state index contributed by atoms with van der Waals surface area (Å²) < 4.78 is 1.04. The Bertz CT molecular complexity index is 426. The van der Waals surface area contributed by atoms with E-state index in [-0.39, 0.29) is 18.8 Å². The normalized spacial score (nSPS) is 9.75. The average molecular weight is 227 g/mol. The number of nitrogens with one attached hydrogen (secondary N) is 1. The molecule has 86 valence electrons. The van der Waals surface area contributed by atoms with E-state index in [1.165, 1.54) is 0 Å². The van der Waals surface area contributed by atoms with E-state index in [0.29, 0.717) is 0 Å². The van der Waals surface area contributed by atoms with E-state index in [1.54, 1.807) is 0 Å². The number of nitrogens with zero attached hydrogens (tertiary/aromatic N) is 3. The lowest BCUT2D eigenvalue weighted by atomic mass is 10.5. The van der Waals surface area contributed by atoms with Gasteiger partial charge in [-0.3, -0.25) is 9.59 Å². The second kappa shape index (κ2) is 4.87. The fourth-order valence-corrected chi connectivity index (χ4v) is 0.862. The van der Waals surface area contributed by atoms with Crippen molar-refractivity contribution in [2.45, 2.75) is 6.54 Å². The Morgan fingerprint density at radius 2 is 2.19 bits per heavy atom. The zero-order valence-corrected chi connectivity index (χ0v) is 8.08. The fourth-order valence-electron chi connectivity index (χ4n) is 0.862. The molecule has 1 heterocycles. The first-order valence-corrected chi connectivity index (χ1v) is 4.17. The van der Waals surface area contributed by atoms with Gasteiger partial charge in [-0.25, -0.2) is 9.48 Å². The molecule has 1 aromatic heterocycles. The largest absolute Gasteiger partial charge is 0.476 e. The predicted molar refractivity (Wildman–Crippen MR) is 49.2 cm³/mol. The van der Waals surface area contributed by atoms with Crippen LogP contribution in [0, 0.1) is 0 Å². The molecule has 16 heavy (non-hydrogen) atoms. The quantitative estimate of drug-likeness (QED) is 0.511. The third-order valence-electron chi connectivity index (χ3n) is 1.52. The highest BCUT2D eigenvalue weighted by atomic mass is 16.4. The van der Waals surface area contributed by atoms with Crippen LogP contribution in [-0.2, 0) is 16.1 Å². The number of carboxylic acid groups (broad SMARTS) is 1. The van der Waals surface area contributed by atoms with Gasteiger partial charge in [0.05, 0.1) is 12.7 Å². The highest BCUT2D eigenvalue weighted by Crippen LogP contribution is 1.92. The molecule has 2 amide bonds. The van der Waals surface area contributed by atoms with Gasteiger partial charge in [0, 0.05) is 0 Å². The molecule has 0 aliphatic carbocycles. The lowest BCUT2D eigenvalue weighted by Crippen LogP contribution is -2.35. The van der Waals surface area contributed by atoms with Crippen LogP contribution in [0.2, 0.25) is 0 Å². The van der Waals surface area contributed by atoms with Crippen molar-refractivity contribution in [1.29, 1.82) is 0 Å². The summed E-state index contributed by atoms with van der Waals surface area (Å²) >= 11 is 0. The van der Waals surface area contributed by atoms with E-state index in [4.69, 9.17) is 10.8 Å². The zero-order chi connectivity index (χ0) is 12.1. The number of aromatic carboxylic acids is 1. The number of rotatable bonds is 5. The first kappa shape index (κ1) is 11.6. The van der Waals surface area contributed by atoms with Crippen LogP contribution in [0.4, 0.5) is 0 Å². The highest BCUT2D eigenvalue weighted by molar-refractivity contribution is 5.85. The third kappa shape index (κ3) is 3.36. The number of carboxylic acids is 1. The first-order chi connectivity index (χ1) is 7.49. The Morgan fingerprint density at radius 1 is 1.50 bits per heavy atom. The van der Waals surface area contributed by atoms with E-state index < -0.39 is 17.8 Å². The number of amides is 2. The number of nitrogens with two attached hydrogens (primary N) is 1. The maximum atomic E-state index is 11.1. The van der Waals surface area contributed by atoms with Gasteiger partial charge in [0.25, 0.3) is 0 Å². The SMILES string of the molecule is NC(=O)CNC(=O)Cn1cc(C(=O)O)nn1. The molecule has 9 heteroatoms. The molecule has 9 nitrogen and oxygen atoms in total. The molecule has 0 unspecified atom stereocenters. The monoisotopic (exact) mass is 227 g/mol. The fraction of sp³-hybridized carbons (Fsp3) is 0.286. The minimum atomic E-state index is -1.23. The maximum absolute atomic E-state index is 11.1. The summed E-state index contributed by atoms with van der Waals surface area (Å²) in [5, 5.41) is 17.5. The zero-order valence-electron chi connectivity index (χ0n) is 8.08. The van der Waals surface area contributed by atoms with E-state index in [1.807, 2.05) is 0 Å². The van der Waals surface area contributed by atoms with Crippen molar-refractivity contribution >= 4 is 17.8 Å². The van der Waals surface area contributed by atoms with E-state index in [0.717, 1.165) is 10.9 Å². The van der Waals surface area contributed by atoms with Gasteiger partial charge in [0.2, 0.25) is 11.8 Å². The Kier molecular flexibility index (Phi) is 3.53. The molecule has 1 aromatic rings. The Labute approximate surface area is 89.2 Å². The van der Waals surface area contributed by atoms with Gasteiger partial charge in [-0.15, -0.1) is 5.10 Å². The molecular weight excluding hydrogens is 218 g/mol. The van der Waals surface area contributed by atoms with Gasteiger partial charge in [-0.2, -0.15) is 0 Å². The third-order valence-corrected chi connectivity index (χ3v) is 1.52. The molecule has 0 aromatic carbocycles. The van der Waals surface area contributed by atoms with Gasteiger partial charge >= 0.3 is 5.97 Å². The Morgan fingerprint density at radius 3 is 2.69 bits per heavy atom. The summed E-state index contributed by atoms with van der Waals surface area (Å²) in [6.45, 7) is -0.507. The maximum Gasteiger partial charge on any atom is 0.358 e. The summed E-state index contributed by atoms with van der Waals surface area (Å²) in [5.41, 5.74) is 4.55. The highest BCUT2D eigenvalue weighted by Gasteiger charge is 2.10. The van der Waals surface area contributed by atoms with E-state index in [2.05, 4.69) is 15.6 Å². The van der Waals surface area contributed by atoms with Crippen LogP contribution < -0.4 is 11.1 Å². The van der Waals surface area contributed by atoms with Crippen LogP contribution >= 0.6 is 0 Å². The second-order valence-electron chi connectivity index (χ2n) is 2.85. The summed E-state index contributed by atoms with van der Waals surface area (Å²) in [7, 11) is 0. The number of primary amides is 1. The smallest absolute Gasteiger partial charge is 0.358 e. The van der Waals surface area contributed by atoms with E-state index in [9.17, 15) is 14.4 Å². The van der Waals surface area contributed by atoms with Gasteiger partial charge < -0.3 is 16.2 Å². The van der Waals surface area contributed by atoms with E-state index >= 15 is 0 Å². The van der Waals surface area contributed by atoms with Crippen LogP contribution in [0.25, 0.3) is 0 Å². The van der Waals surface area contributed by atoms with Crippen LogP contribution in [0.3, 0.4) is 0 Å². The molecule has 0 atom stereocenters. The number of hydrogen-bond donors (Lipinski definition) is 3. The number of hydrogen-bond acceptors (Lipinski definition) is 5. The molecule has 4 N–H and O–H groups in total. The Balaban J connectivity index is 2.49. The lowest BCUT2D eigenvalue weighted by Gasteiger charge is -2.01. The molecule has 0 saturated carbocycles. The van der Waals surface area contributed by atoms with Crippen molar-refractivity contribution in [3.8, 4) is 0 Å². The van der Waals surface area contributed by atoms with Crippen LogP contribution in [0.15, 0.2) is 6.20 Å². The molecular formula is C7H9N5O4. The number of carbonyl (C=O) groups is 3. The van der Waals surface area contributed by atoms with Crippen molar-refractivity contribution in [2.75, 3.05) is 6.54 Å². The topological polar surface area (TPSA) is 140 Å². The molecule has 0 spiro atoms. The van der Waals surface area contributed by atoms with Crippen molar-refractivity contribution < 1.29 is 19.5 Å². The Hall–Kier alpha value is -2.45. The summed E-state index contributed by atoms with van der Waals surface area (Å²) in [4.78, 5) is 31.9. The van der Waals surface area contributed by atoms with Crippen LogP contribution in [-0.4, -0.2) is 44.4 Å². The molecule has 0 fully saturated rings. The molecule has 0 bridgehead atoms. The average Bonchev–Trinajstić information content (AvgIpc) is 2.63. The predicted octanol–water partition coefficient (Wildman–Crippen LogP) is -2.42. The van der Waals surface area contributed by atoms with Crippen molar-refractivity contribution in [2.24, 2.45) is 5.73 Å². The minimum absolute atomic E-state index is 0.229. The second-order valence-corrected chi connectivity index (χ2v) is 2.85. The first-order valence-electron chi connectivity index (χ1n) is 4.17. The molecule has 1 rings (SSSR count). The molecule has 0 saturated heterocycles. The van der Waals surface area contributed by atoms with Gasteiger partial charge in [-0.1, -0.05) is 5.21 Å². The van der Waals surface area contributed by atoms with Gasteiger partial charge in [-0.05, 0) is 0 Å². The lowest BCUT2D eigenvalue weighted by molar-refractivity contribution is -0.125. The minimum Gasteiger partial charge on any atom is -0.476 e. The summed E-state index contributed by atoms with van der Waals surface area (Å²) in [6, 6.07) is 0. The number of aromatic nitrogens is 3. The molecule has 0 aliphatic rings. The molecule has 0 radical (unpaired) electrons. The van der Waals surface area contributed by atoms with Crippen molar-refractivity contribution in [1.82, 2.24) is 20.3 Å². The van der Waals surface area contributed by atoms with Gasteiger partial charge in [0.1, 0.15) is 6.54 Å². The van der Waals surface area contributed by atoms with Crippen molar-refractivity contribution in [3.63, 3.8) is 0 Å². The standard InChI is InChI=1S/C7H9N5O4/c8-5(13)1-9-6(14)3-12-2-4(7(15)16)10-11-12/h2H,1,3H2,(H2,8,13)(H,9,14)(H,15,16). The summed E-state index contributed by atoms with van der Waals surface area (Å²) in [6.07, 6.45) is 1.10. The summed E-state index contributed by atoms with van der Waals surface area (Å²) in [5.74, 6) is -2.41.